The van der Waals surface area contributed by atoms with E-state index >= 15 is 0 Å². The van der Waals surface area contributed by atoms with Gasteiger partial charge in [0.2, 0.25) is 5.88 Å². The number of esters is 1. The number of H-pyrrole nitrogens is 1. The maximum Gasteiger partial charge on any atom is 0.318 e. The Labute approximate surface area is 97.5 Å². The predicted octanol–water partition coefficient (Wildman–Crippen LogP) is 2.30. The topological polar surface area (TPSA) is 55.0 Å². The molecular weight excluding hydrogens is 260 g/mol. The molecule has 0 saturated heterocycles. The van der Waals surface area contributed by atoms with Gasteiger partial charge in [0, 0.05) is 17.1 Å². The Bertz CT molecular complexity index is 341. The first-order valence-corrected chi connectivity index (χ1v) is 5.88. The molecule has 0 spiro atoms. The Morgan fingerprint density at radius 1 is 1.60 bits per heavy atom. The Morgan fingerprint density at radius 2 is 2.27 bits per heavy atom. The van der Waals surface area contributed by atoms with Crippen LogP contribution < -0.4 is 4.74 Å². The van der Waals surface area contributed by atoms with E-state index in [1.165, 1.54) is 0 Å². The van der Waals surface area contributed by atoms with Crippen LogP contribution in [0.15, 0.2) is 6.20 Å². The summed E-state index contributed by atoms with van der Waals surface area (Å²) in [4.78, 5) is 11.6. The largest absolute Gasteiger partial charge is 0.405 e. The van der Waals surface area contributed by atoms with Crippen LogP contribution in [0.4, 0.5) is 0 Å². The van der Waals surface area contributed by atoms with E-state index in [0.29, 0.717) is 5.88 Å². The molecule has 1 heterocycles. The summed E-state index contributed by atoms with van der Waals surface area (Å²) >= 11 is 3.33. The van der Waals surface area contributed by atoms with Crippen LogP contribution in [-0.4, -0.2) is 21.5 Å². The molecule has 0 aliphatic heterocycles. The third-order valence-electron chi connectivity index (χ3n) is 1.85. The number of carbonyl (C=O) groups excluding carboxylic acids is 1. The molecule has 1 aromatic heterocycles. The van der Waals surface area contributed by atoms with Crippen molar-refractivity contribution in [3.05, 3.63) is 11.8 Å². The highest BCUT2D eigenvalue weighted by Crippen LogP contribution is 2.21. The number of rotatable bonds is 3. The first-order valence-electron chi connectivity index (χ1n) is 4.76. The summed E-state index contributed by atoms with van der Waals surface area (Å²) in [7, 11) is 0. The second-order valence-corrected chi connectivity index (χ2v) is 5.09. The van der Waals surface area contributed by atoms with Crippen molar-refractivity contribution in [1.82, 2.24) is 10.2 Å². The molecule has 0 atom stereocenters. The molecule has 1 N–H and O–H groups in total. The number of halogens is 1. The highest BCUT2D eigenvalue weighted by Gasteiger charge is 2.25. The van der Waals surface area contributed by atoms with Crippen molar-refractivity contribution in [2.75, 3.05) is 5.33 Å². The average molecular weight is 275 g/mol. The lowest BCUT2D eigenvalue weighted by Gasteiger charge is -2.15. The summed E-state index contributed by atoms with van der Waals surface area (Å²) < 4.78 is 5.20. The number of nitrogens with one attached hydrogen (secondary N) is 1. The molecule has 0 unspecified atom stereocenters. The van der Waals surface area contributed by atoms with Crippen molar-refractivity contribution in [1.29, 1.82) is 0 Å². The number of ether oxygens (including phenoxy) is 1. The molecule has 0 fully saturated rings. The number of hydrogen-bond acceptors (Lipinski definition) is 3. The van der Waals surface area contributed by atoms with Crippen molar-refractivity contribution in [2.24, 2.45) is 5.41 Å². The molecule has 0 aliphatic rings. The molecule has 0 aliphatic carbocycles. The van der Waals surface area contributed by atoms with Crippen molar-refractivity contribution in [3.8, 4) is 5.88 Å². The Kier molecular flexibility index (Phi) is 3.90. The lowest BCUT2D eigenvalue weighted by atomic mass is 9.97. The van der Waals surface area contributed by atoms with Crippen LogP contribution >= 0.6 is 15.9 Å². The second-order valence-electron chi connectivity index (χ2n) is 4.29. The lowest BCUT2D eigenvalue weighted by Crippen LogP contribution is -2.26. The zero-order valence-electron chi connectivity index (χ0n) is 9.13. The summed E-state index contributed by atoms with van der Waals surface area (Å²) in [6, 6.07) is 0. The standard InChI is InChI=1S/C10H15BrN2O2/c1-10(2,3)9(14)15-8-7(4-5-11)6-12-13-8/h6H,4-5H2,1-3H3,(H,12,13). The highest BCUT2D eigenvalue weighted by molar-refractivity contribution is 9.09. The number of alkyl halides is 1. The normalized spacial score (nSPS) is 11.5. The van der Waals surface area contributed by atoms with E-state index in [0.717, 1.165) is 17.3 Å². The van der Waals surface area contributed by atoms with Crippen molar-refractivity contribution in [3.63, 3.8) is 0 Å². The summed E-state index contributed by atoms with van der Waals surface area (Å²) in [5, 5.41) is 7.40. The zero-order valence-corrected chi connectivity index (χ0v) is 10.7. The Balaban J connectivity index is 2.72. The predicted molar refractivity (Wildman–Crippen MR) is 61.2 cm³/mol. The average Bonchev–Trinajstić information content (AvgIpc) is 2.52. The van der Waals surface area contributed by atoms with Crippen molar-refractivity contribution >= 4 is 21.9 Å². The van der Waals surface area contributed by atoms with E-state index in [-0.39, 0.29) is 5.97 Å². The summed E-state index contributed by atoms with van der Waals surface area (Å²) in [5.74, 6) is 0.111. The number of aromatic amines is 1. The third-order valence-corrected chi connectivity index (χ3v) is 2.24. The van der Waals surface area contributed by atoms with Gasteiger partial charge in [0.15, 0.2) is 0 Å². The first kappa shape index (κ1) is 12.2. The van der Waals surface area contributed by atoms with E-state index in [1.54, 1.807) is 6.20 Å². The van der Waals surface area contributed by atoms with Crippen LogP contribution in [0.1, 0.15) is 26.3 Å². The Morgan fingerprint density at radius 3 is 2.80 bits per heavy atom. The third kappa shape index (κ3) is 3.34. The van der Waals surface area contributed by atoms with E-state index in [4.69, 9.17) is 4.74 Å². The van der Waals surface area contributed by atoms with Crippen molar-refractivity contribution in [2.45, 2.75) is 27.2 Å². The number of aryl methyl sites for hydroxylation is 1. The zero-order chi connectivity index (χ0) is 11.5. The second kappa shape index (κ2) is 4.79. The van der Waals surface area contributed by atoms with E-state index in [9.17, 15) is 4.79 Å². The minimum atomic E-state index is -0.509. The van der Waals surface area contributed by atoms with Gasteiger partial charge < -0.3 is 4.74 Å². The molecule has 5 heteroatoms. The lowest BCUT2D eigenvalue weighted by molar-refractivity contribution is -0.143. The van der Waals surface area contributed by atoms with Gasteiger partial charge in [0.1, 0.15) is 0 Å². The molecule has 0 radical (unpaired) electrons. The van der Waals surface area contributed by atoms with Gasteiger partial charge in [0.25, 0.3) is 0 Å². The van der Waals surface area contributed by atoms with Crippen LogP contribution in [0.2, 0.25) is 0 Å². The maximum absolute atomic E-state index is 11.6. The number of aromatic nitrogens is 2. The van der Waals surface area contributed by atoms with Crippen LogP contribution in [0.5, 0.6) is 5.88 Å². The molecule has 1 rings (SSSR count). The molecule has 1 aromatic rings. The fourth-order valence-corrected chi connectivity index (χ4v) is 1.34. The SMILES string of the molecule is CC(C)(C)C(=O)Oc1n[nH]cc1CCBr. The van der Waals surface area contributed by atoms with Crippen LogP contribution in [0.3, 0.4) is 0 Å². The van der Waals surface area contributed by atoms with Gasteiger partial charge in [-0.25, -0.2) is 0 Å². The van der Waals surface area contributed by atoms with E-state index in [1.807, 2.05) is 20.8 Å². The minimum Gasteiger partial charge on any atom is -0.405 e. The Hall–Kier alpha value is -0.840. The molecule has 4 nitrogen and oxygen atoms in total. The summed E-state index contributed by atoms with van der Waals surface area (Å²) in [6.07, 6.45) is 2.52. The smallest absolute Gasteiger partial charge is 0.318 e. The molecular formula is C10H15BrN2O2. The van der Waals surface area contributed by atoms with Crippen LogP contribution in [-0.2, 0) is 11.2 Å². The van der Waals surface area contributed by atoms with E-state index < -0.39 is 5.41 Å². The minimum absolute atomic E-state index is 0.273. The van der Waals surface area contributed by atoms with Crippen molar-refractivity contribution < 1.29 is 9.53 Å². The molecule has 0 aromatic carbocycles. The molecule has 84 valence electrons. The van der Waals surface area contributed by atoms with Gasteiger partial charge >= 0.3 is 5.97 Å². The van der Waals surface area contributed by atoms with Gasteiger partial charge in [-0.1, -0.05) is 15.9 Å². The molecule has 0 bridgehead atoms. The molecule has 15 heavy (non-hydrogen) atoms. The number of carbonyl (C=O) groups is 1. The highest BCUT2D eigenvalue weighted by atomic mass is 79.9. The van der Waals surface area contributed by atoms with Gasteiger partial charge in [-0.05, 0) is 27.2 Å². The fourth-order valence-electron chi connectivity index (χ4n) is 0.913. The van der Waals surface area contributed by atoms with Crippen LogP contribution in [0, 0.1) is 5.41 Å². The summed E-state index contributed by atoms with van der Waals surface area (Å²) in [6.45, 7) is 5.43. The fraction of sp³-hybridized carbons (Fsp3) is 0.600. The monoisotopic (exact) mass is 274 g/mol. The van der Waals surface area contributed by atoms with Crippen LogP contribution in [0.25, 0.3) is 0 Å². The van der Waals surface area contributed by atoms with Gasteiger partial charge in [-0.15, -0.1) is 5.10 Å². The molecule has 0 amide bonds. The molecule has 0 saturated carbocycles. The van der Waals surface area contributed by atoms with Gasteiger partial charge in [0.05, 0.1) is 5.41 Å². The van der Waals surface area contributed by atoms with E-state index in [2.05, 4.69) is 26.1 Å². The maximum atomic E-state index is 11.6. The van der Waals surface area contributed by atoms with Gasteiger partial charge in [-0.2, -0.15) is 0 Å². The number of hydrogen-bond donors (Lipinski definition) is 1. The number of nitrogens with zero attached hydrogens (tertiary/aromatic N) is 1. The quantitative estimate of drug-likeness (QED) is 0.680. The summed E-state index contributed by atoms with van der Waals surface area (Å²) in [5.41, 5.74) is 0.398. The van der Waals surface area contributed by atoms with Gasteiger partial charge in [-0.3, -0.25) is 9.89 Å². The first-order chi connectivity index (χ1) is 6.95.